The van der Waals surface area contributed by atoms with E-state index >= 15 is 0 Å². The van der Waals surface area contributed by atoms with Crippen LogP contribution in [0.2, 0.25) is 0 Å². The molecule has 14 heteroatoms. The van der Waals surface area contributed by atoms with E-state index in [9.17, 15) is 30.9 Å². The van der Waals surface area contributed by atoms with E-state index in [1.54, 1.807) is 0 Å². The number of nitrogens with zero attached hydrogens (tertiary/aromatic N) is 1. The molecule has 0 aromatic heterocycles. The van der Waals surface area contributed by atoms with Gasteiger partial charge >= 0.3 is 20.2 Å². The first-order valence-electron chi connectivity index (χ1n) is 9.76. The summed E-state index contributed by atoms with van der Waals surface area (Å²) in [5, 5.41) is 0. The van der Waals surface area contributed by atoms with E-state index in [1.807, 2.05) is 0 Å². The molecule has 4 rings (SSSR count). The summed E-state index contributed by atoms with van der Waals surface area (Å²) in [6, 6.07) is 8.18. The molecule has 2 aromatic rings. The van der Waals surface area contributed by atoms with Crippen LogP contribution in [0.25, 0.3) is 0 Å². The van der Waals surface area contributed by atoms with E-state index in [-0.39, 0.29) is 24.3 Å². The molecule has 34 heavy (non-hydrogen) atoms. The number of phosphoric acid groups is 1. The van der Waals surface area contributed by atoms with Gasteiger partial charge < -0.3 is 19.3 Å². The number of hydrogen-bond donors (Lipinski definition) is 2. The predicted octanol–water partition coefficient (Wildman–Crippen LogP) is 4.63. The number of benzene rings is 2. The topological polar surface area (TPSA) is 88.5 Å². The Bertz CT molecular complexity index is 999. The number of hydrogen-bond acceptors (Lipinski definition) is 5. The molecule has 0 aliphatic carbocycles. The zero-order chi connectivity index (χ0) is 24.9. The third-order valence-corrected chi connectivity index (χ3v) is 6.09. The Morgan fingerprint density at radius 1 is 0.853 bits per heavy atom. The monoisotopic (exact) mass is 513 g/mol. The lowest BCUT2D eigenvalue weighted by Crippen LogP contribution is -2.48. The average Bonchev–Trinajstić information content (AvgIpc) is 3.28. The van der Waals surface area contributed by atoms with Gasteiger partial charge in [-0.15, -0.1) is 0 Å². The molecule has 0 amide bonds. The third-order valence-electron chi connectivity index (χ3n) is 5.62. The molecule has 2 N–H and O–H groups in total. The molecule has 3 atom stereocenters. The molecule has 0 saturated carbocycles. The van der Waals surface area contributed by atoms with Gasteiger partial charge in [0.1, 0.15) is 12.5 Å². The molecule has 186 valence electrons. The molecule has 2 fully saturated rings. The van der Waals surface area contributed by atoms with E-state index < -0.39 is 55.9 Å². The molecular weight excluding hydrogens is 495 g/mol. The molecule has 0 spiro atoms. The summed E-state index contributed by atoms with van der Waals surface area (Å²) in [5.74, 6) is 0. The van der Waals surface area contributed by atoms with Crippen LogP contribution in [0.1, 0.15) is 34.7 Å². The molecule has 2 aliphatic rings. The van der Waals surface area contributed by atoms with Crippen molar-refractivity contribution in [3.8, 4) is 0 Å². The summed E-state index contributed by atoms with van der Waals surface area (Å²) < 4.78 is 105. The van der Waals surface area contributed by atoms with Crippen molar-refractivity contribution in [3.63, 3.8) is 0 Å². The van der Waals surface area contributed by atoms with E-state index in [0.717, 1.165) is 24.3 Å². The highest BCUT2D eigenvalue weighted by Crippen LogP contribution is 2.51. The number of fused-ring (bicyclic) bond motifs is 1. The van der Waals surface area contributed by atoms with Crippen LogP contribution in [0, 0.1) is 0 Å². The quantitative estimate of drug-likeness (QED) is 0.445. The van der Waals surface area contributed by atoms with Crippen LogP contribution < -0.4 is 0 Å². The van der Waals surface area contributed by atoms with Crippen molar-refractivity contribution in [1.29, 1.82) is 0 Å². The molecule has 0 radical (unpaired) electrons. The van der Waals surface area contributed by atoms with Gasteiger partial charge in [0.15, 0.2) is 0 Å². The number of phosphoric ester groups is 1. The Balaban J connectivity index is 1.69. The largest absolute Gasteiger partial charge is 0.469 e. The molecule has 0 unspecified atom stereocenters. The van der Waals surface area contributed by atoms with Gasteiger partial charge in [-0.2, -0.15) is 26.3 Å². The van der Waals surface area contributed by atoms with E-state index in [2.05, 4.69) is 4.52 Å². The zero-order valence-corrected chi connectivity index (χ0v) is 18.0. The minimum Gasteiger partial charge on any atom is -0.357 e. The van der Waals surface area contributed by atoms with Gasteiger partial charge in [-0.25, -0.2) is 9.46 Å². The highest BCUT2D eigenvalue weighted by molar-refractivity contribution is 7.46. The van der Waals surface area contributed by atoms with Gasteiger partial charge in [0.2, 0.25) is 0 Å². The summed E-state index contributed by atoms with van der Waals surface area (Å²) in [5.41, 5.74) is -2.45. The summed E-state index contributed by atoms with van der Waals surface area (Å²) >= 11 is 0. The van der Waals surface area contributed by atoms with Crippen molar-refractivity contribution < 1.29 is 54.7 Å². The van der Waals surface area contributed by atoms with Crippen molar-refractivity contribution in [2.45, 2.75) is 30.3 Å². The minimum absolute atomic E-state index is 0.157. The molecule has 2 heterocycles. The maximum Gasteiger partial charge on any atom is 0.469 e. The fraction of sp³-hybridized carbons (Fsp3) is 0.400. The Morgan fingerprint density at radius 3 is 1.56 bits per heavy atom. The average molecular weight is 513 g/mol. The summed E-state index contributed by atoms with van der Waals surface area (Å²) in [6.07, 6.45) is -11.2. The summed E-state index contributed by atoms with van der Waals surface area (Å²) in [7, 11) is -4.89. The van der Waals surface area contributed by atoms with Gasteiger partial charge in [0.05, 0.1) is 36.5 Å². The number of alkyl halides is 6. The summed E-state index contributed by atoms with van der Waals surface area (Å²) in [4.78, 5) is 19.8. The van der Waals surface area contributed by atoms with Gasteiger partial charge in [0.25, 0.3) is 0 Å². The normalized spacial score (nSPS) is 26.1. The van der Waals surface area contributed by atoms with E-state index in [0.29, 0.717) is 0 Å². The van der Waals surface area contributed by atoms with Gasteiger partial charge in [-0.05, 0) is 35.4 Å². The maximum absolute atomic E-state index is 13.0. The van der Waals surface area contributed by atoms with Crippen LogP contribution >= 0.6 is 7.82 Å². The highest BCUT2D eigenvalue weighted by atomic mass is 31.2. The predicted molar refractivity (Wildman–Crippen MR) is 103 cm³/mol. The number of ether oxygens (including phenoxy) is 2. The van der Waals surface area contributed by atoms with Gasteiger partial charge in [-0.1, -0.05) is 24.3 Å². The Labute approximate surface area is 189 Å². The standard InChI is InChI=1S/C20H18F6NO6P/c21-19(22,23)14-5-1-12(2-6-14)16-27-17(13-3-7-15(8-4-13)20(24,25)26)32-10-18(27,9-31-16)11-33-34(28,29)30/h1-8,16-17H,9-11H2,(H2,28,29,30)/t16-,17+,18-. The van der Waals surface area contributed by atoms with Crippen molar-refractivity contribution in [2.75, 3.05) is 19.8 Å². The highest BCUT2D eigenvalue weighted by Gasteiger charge is 2.57. The second kappa shape index (κ2) is 8.59. The SMILES string of the molecule is O=P(O)(O)OC[C@]12CO[C@H](c3ccc(C(F)(F)F)cc3)N1[C@H](c1ccc(C(F)(F)F)cc1)OC2. The molecule has 7 nitrogen and oxygen atoms in total. The fourth-order valence-electron chi connectivity index (χ4n) is 3.99. The van der Waals surface area contributed by atoms with Crippen molar-refractivity contribution in [3.05, 3.63) is 70.8 Å². The van der Waals surface area contributed by atoms with Crippen molar-refractivity contribution in [2.24, 2.45) is 0 Å². The third kappa shape index (κ3) is 5.01. The minimum atomic E-state index is -4.89. The fourth-order valence-corrected chi connectivity index (χ4v) is 4.40. The molecular formula is C20H18F6NO6P. The Hall–Kier alpha value is -1.99. The lowest BCUT2D eigenvalue weighted by atomic mass is 10.0. The van der Waals surface area contributed by atoms with E-state index in [1.165, 1.54) is 29.2 Å². The van der Waals surface area contributed by atoms with Crippen molar-refractivity contribution in [1.82, 2.24) is 4.90 Å². The number of rotatable bonds is 5. The van der Waals surface area contributed by atoms with Gasteiger partial charge in [-0.3, -0.25) is 4.52 Å². The second-order valence-electron chi connectivity index (χ2n) is 7.96. The van der Waals surface area contributed by atoms with Crippen LogP contribution in [0.15, 0.2) is 48.5 Å². The first-order valence-corrected chi connectivity index (χ1v) is 11.3. The van der Waals surface area contributed by atoms with Crippen LogP contribution in [0.5, 0.6) is 0 Å². The second-order valence-corrected chi connectivity index (χ2v) is 9.20. The van der Waals surface area contributed by atoms with Gasteiger partial charge in [0, 0.05) is 0 Å². The maximum atomic E-state index is 13.0. The molecule has 2 saturated heterocycles. The lowest BCUT2D eigenvalue weighted by Gasteiger charge is -2.34. The number of halogens is 6. The Kier molecular flexibility index (Phi) is 6.35. The first-order chi connectivity index (χ1) is 15.7. The smallest absolute Gasteiger partial charge is 0.357 e. The van der Waals surface area contributed by atoms with Crippen LogP contribution in [-0.4, -0.2) is 40.0 Å². The Morgan fingerprint density at radius 2 is 1.24 bits per heavy atom. The lowest BCUT2D eigenvalue weighted by molar-refractivity contribution is -0.138. The molecule has 0 bridgehead atoms. The zero-order valence-electron chi connectivity index (χ0n) is 17.1. The van der Waals surface area contributed by atoms with Crippen molar-refractivity contribution >= 4 is 7.82 Å². The summed E-state index contributed by atoms with van der Waals surface area (Å²) in [6.45, 7) is -0.864. The molecule has 2 aromatic carbocycles. The molecule has 2 aliphatic heterocycles. The van der Waals surface area contributed by atoms with Crippen LogP contribution in [0.3, 0.4) is 0 Å². The van der Waals surface area contributed by atoms with Crippen LogP contribution in [-0.2, 0) is 30.9 Å². The van der Waals surface area contributed by atoms with Crippen LogP contribution in [0.4, 0.5) is 26.3 Å². The first kappa shape index (κ1) is 25.1. The van der Waals surface area contributed by atoms with E-state index in [4.69, 9.17) is 19.3 Å².